The maximum absolute atomic E-state index is 14.2. The summed E-state index contributed by atoms with van der Waals surface area (Å²) in [6.45, 7) is 5.15. The highest BCUT2D eigenvalue weighted by Crippen LogP contribution is 2.47. The third-order valence-corrected chi connectivity index (χ3v) is 11.1. The SMILES string of the molecule is CCC1(OC(=O)NC)C(=O)OC([Si](C)(C)CCC(F)(F)F)c2c1cc1n(c2=O)Cc2cc3ccccc3nc2-1. The van der Waals surface area contributed by atoms with Crippen LogP contribution in [0, 0.1) is 0 Å². The van der Waals surface area contributed by atoms with Crippen LogP contribution < -0.4 is 10.9 Å². The van der Waals surface area contributed by atoms with Crippen molar-refractivity contribution in [1.29, 1.82) is 0 Å². The summed E-state index contributed by atoms with van der Waals surface area (Å²) < 4.78 is 52.5. The summed E-state index contributed by atoms with van der Waals surface area (Å²) in [5, 5.41) is 3.22. The molecule has 0 saturated carbocycles. The molecular weight excluding hydrogens is 531 g/mol. The molecule has 1 N–H and O–H groups in total. The highest BCUT2D eigenvalue weighted by molar-refractivity contribution is 6.78. The molecule has 2 unspecified atom stereocenters. The largest absolute Gasteiger partial charge is 0.458 e. The zero-order chi connectivity index (χ0) is 28.3. The number of carbonyl (C=O) groups excluding carboxylic acids is 2. The molecule has 12 heteroatoms. The summed E-state index contributed by atoms with van der Waals surface area (Å²) in [7, 11) is -1.73. The second-order valence-electron chi connectivity index (χ2n) is 10.6. The van der Waals surface area contributed by atoms with Gasteiger partial charge in [0.2, 0.25) is 5.60 Å². The molecule has 0 saturated heterocycles. The number of pyridine rings is 2. The van der Waals surface area contributed by atoms with E-state index in [0.29, 0.717) is 11.4 Å². The molecule has 5 rings (SSSR count). The van der Waals surface area contributed by atoms with Gasteiger partial charge in [0, 0.05) is 30.0 Å². The van der Waals surface area contributed by atoms with Crippen molar-refractivity contribution in [2.24, 2.45) is 0 Å². The van der Waals surface area contributed by atoms with Gasteiger partial charge in [-0.25, -0.2) is 14.6 Å². The van der Waals surface area contributed by atoms with E-state index in [4.69, 9.17) is 14.5 Å². The predicted molar refractivity (Wildman–Crippen MR) is 140 cm³/mol. The number of nitrogens with zero attached hydrogens (tertiary/aromatic N) is 2. The van der Waals surface area contributed by atoms with Crippen molar-refractivity contribution in [1.82, 2.24) is 14.9 Å². The predicted octanol–water partition coefficient (Wildman–Crippen LogP) is 5.18. The van der Waals surface area contributed by atoms with Gasteiger partial charge in [-0.05, 0) is 30.7 Å². The van der Waals surface area contributed by atoms with E-state index in [2.05, 4.69) is 5.32 Å². The van der Waals surface area contributed by atoms with Crippen molar-refractivity contribution in [2.45, 2.75) is 63.0 Å². The molecule has 2 aliphatic rings. The van der Waals surface area contributed by atoms with Gasteiger partial charge in [-0.1, -0.05) is 38.2 Å². The lowest BCUT2D eigenvalue weighted by Gasteiger charge is -2.43. The van der Waals surface area contributed by atoms with Gasteiger partial charge in [0.15, 0.2) is 0 Å². The Kier molecular flexibility index (Phi) is 6.36. The van der Waals surface area contributed by atoms with Gasteiger partial charge in [-0.2, -0.15) is 13.2 Å². The first-order valence-electron chi connectivity index (χ1n) is 12.7. The third-order valence-electron chi connectivity index (χ3n) is 7.69. The van der Waals surface area contributed by atoms with Gasteiger partial charge in [-0.3, -0.25) is 4.79 Å². The van der Waals surface area contributed by atoms with Crippen LogP contribution >= 0.6 is 0 Å². The molecule has 2 aromatic heterocycles. The molecule has 0 radical (unpaired) electrons. The number of ether oxygens (including phenoxy) is 2. The number of cyclic esters (lactones) is 1. The Morgan fingerprint density at radius 2 is 1.97 bits per heavy atom. The van der Waals surface area contributed by atoms with Gasteiger partial charge in [0.25, 0.3) is 5.56 Å². The van der Waals surface area contributed by atoms with Crippen molar-refractivity contribution < 1.29 is 32.2 Å². The molecule has 8 nitrogen and oxygen atoms in total. The average molecular weight is 560 g/mol. The van der Waals surface area contributed by atoms with E-state index >= 15 is 0 Å². The topological polar surface area (TPSA) is 99.5 Å². The molecule has 0 bridgehead atoms. The van der Waals surface area contributed by atoms with Gasteiger partial charge in [0.1, 0.15) is 13.8 Å². The number of alkyl halides is 3. The molecule has 0 spiro atoms. The van der Waals surface area contributed by atoms with Crippen molar-refractivity contribution in [3.63, 3.8) is 0 Å². The minimum absolute atomic E-state index is 0.0512. The Hall–Kier alpha value is -3.67. The highest BCUT2D eigenvalue weighted by atomic mass is 28.3. The summed E-state index contributed by atoms with van der Waals surface area (Å²) in [6, 6.07) is 10.8. The van der Waals surface area contributed by atoms with Crippen LogP contribution in [0.25, 0.3) is 22.3 Å². The van der Waals surface area contributed by atoms with E-state index < -0.39 is 49.6 Å². The van der Waals surface area contributed by atoms with Gasteiger partial charge >= 0.3 is 18.2 Å². The maximum atomic E-state index is 14.2. The van der Waals surface area contributed by atoms with E-state index in [0.717, 1.165) is 16.5 Å². The molecule has 3 aromatic rings. The summed E-state index contributed by atoms with van der Waals surface area (Å²) in [6.07, 6.45) is -6.41. The number of halogens is 3. The van der Waals surface area contributed by atoms with Gasteiger partial charge in [-0.15, -0.1) is 0 Å². The van der Waals surface area contributed by atoms with Gasteiger partial charge in [0.05, 0.1) is 29.0 Å². The maximum Gasteiger partial charge on any atom is 0.408 e. The molecule has 2 aliphatic heterocycles. The number of para-hydroxylation sites is 1. The second kappa shape index (κ2) is 9.21. The van der Waals surface area contributed by atoms with Crippen LogP contribution in [-0.4, -0.2) is 42.9 Å². The van der Waals surface area contributed by atoms with E-state index in [1.54, 1.807) is 26.1 Å². The quantitative estimate of drug-likeness (QED) is 0.267. The zero-order valence-corrected chi connectivity index (χ0v) is 22.9. The minimum Gasteiger partial charge on any atom is -0.458 e. The Balaban J connectivity index is 1.76. The number of amides is 1. The number of rotatable bonds is 5. The van der Waals surface area contributed by atoms with Crippen molar-refractivity contribution in [3.8, 4) is 11.4 Å². The monoisotopic (exact) mass is 559 g/mol. The first-order valence-corrected chi connectivity index (χ1v) is 16.0. The number of esters is 1. The lowest BCUT2D eigenvalue weighted by molar-refractivity contribution is -0.174. The van der Waals surface area contributed by atoms with Gasteiger partial charge < -0.3 is 19.4 Å². The Morgan fingerprint density at radius 3 is 2.64 bits per heavy atom. The van der Waals surface area contributed by atoms with Crippen molar-refractivity contribution in [3.05, 3.63) is 63.4 Å². The van der Waals surface area contributed by atoms with Crippen molar-refractivity contribution in [2.75, 3.05) is 7.05 Å². The fraction of sp³-hybridized carbons (Fsp3) is 0.407. The van der Waals surface area contributed by atoms with Crippen LogP contribution in [0.1, 0.15) is 42.2 Å². The third kappa shape index (κ3) is 4.40. The second-order valence-corrected chi connectivity index (χ2v) is 15.6. The summed E-state index contributed by atoms with van der Waals surface area (Å²) in [5.41, 5.74) is -0.875. The Morgan fingerprint density at radius 1 is 1.26 bits per heavy atom. The first kappa shape index (κ1) is 26.9. The van der Waals surface area contributed by atoms with Crippen LogP contribution in [0.2, 0.25) is 19.1 Å². The molecular formula is C27H28F3N3O5Si. The lowest BCUT2D eigenvalue weighted by Crippen LogP contribution is -2.54. The molecule has 4 heterocycles. The molecule has 0 aliphatic carbocycles. The van der Waals surface area contributed by atoms with Crippen LogP contribution in [0.5, 0.6) is 0 Å². The number of nitrogens with one attached hydrogen (secondary N) is 1. The standard InChI is InChI=1S/C27H28F3N3O5Si/c1-5-26(38-25(36)31-2)17-13-19-21-16(12-15-8-6-7-9-18(15)32-21)14-33(19)22(34)20(17)23(37-24(26)35)39(3,4)11-10-27(28,29)30/h6-9,12-13,23H,5,10-11,14H2,1-4H3,(H,31,36). The van der Waals surface area contributed by atoms with Crippen molar-refractivity contribution >= 4 is 31.0 Å². The summed E-state index contributed by atoms with van der Waals surface area (Å²) in [5.74, 6) is -0.910. The van der Waals surface area contributed by atoms with Crippen LogP contribution in [0.3, 0.4) is 0 Å². The number of carbonyl (C=O) groups is 2. The smallest absolute Gasteiger partial charge is 0.408 e. The number of benzene rings is 1. The number of alkyl carbamates (subject to hydrolysis) is 1. The normalized spacial score (nSPS) is 20.2. The lowest BCUT2D eigenvalue weighted by atomic mass is 9.85. The highest BCUT2D eigenvalue weighted by Gasteiger charge is 2.56. The van der Waals surface area contributed by atoms with Crippen LogP contribution in [0.4, 0.5) is 18.0 Å². The minimum atomic E-state index is -4.40. The number of hydrogen-bond acceptors (Lipinski definition) is 6. The Labute approximate surface area is 223 Å². The van der Waals surface area contributed by atoms with E-state index in [1.807, 2.05) is 30.3 Å². The zero-order valence-electron chi connectivity index (χ0n) is 21.9. The number of fused-ring (bicyclic) bond motifs is 5. The molecule has 1 aromatic carbocycles. The van der Waals surface area contributed by atoms with E-state index in [1.165, 1.54) is 11.6 Å². The summed E-state index contributed by atoms with van der Waals surface area (Å²) in [4.78, 5) is 44.9. The van der Waals surface area contributed by atoms with E-state index in [-0.39, 0.29) is 30.1 Å². The fourth-order valence-corrected chi connectivity index (χ4v) is 8.18. The summed E-state index contributed by atoms with van der Waals surface area (Å²) >= 11 is 0. The van der Waals surface area contributed by atoms with E-state index in [9.17, 15) is 27.6 Å². The number of hydrogen-bond donors (Lipinski definition) is 1. The van der Waals surface area contributed by atoms with Crippen LogP contribution in [-0.2, 0) is 26.4 Å². The Bertz CT molecular complexity index is 1570. The average Bonchev–Trinajstić information content (AvgIpc) is 3.25. The molecule has 2 atom stereocenters. The molecule has 0 fully saturated rings. The first-order chi connectivity index (χ1) is 18.3. The molecule has 39 heavy (non-hydrogen) atoms. The fourth-order valence-electron chi connectivity index (χ4n) is 5.50. The van der Waals surface area contributed by atoms with Crippen LogP contribution in [0.15, 0.2) is 41.2 Å². The molecule has 206 valence electrons. The number of aromatic nitrogens is 2. The molecule has 1 amide bonds.